The first-order chi connectivity index (χ1) is 12.3. The highest BCUT2D eigenvalue weighted by Crippen LogP contribution is 2.63. The van der Waals surface area contributed by atoms with Crippen molar-refractivity contribution in [1.29, 1.82) is 0 Å². The van der Waals surface area contributed by atoms with Crippen LogP contribution < -0.4 is 5.32 Å². The molecule has 0 aromatic heterocycles. The summed E-state index contributed by atoms with van der Waals surface area (Å²) in [6, 6.07) is 18.8. The number of nitrogens with one attached hydrogen (secondary N) is 1. The minimum Gasteiger partial charge on any atom is -0.479 e. The minimum atomic E-state index is -1.43. The van der Waals surface area contributed by atoms with Crippen LogP contribution in [-0.2, 0) is 9.53 Å². The van der Waals surface area contributed by atoms with E-state index in [1.807, 2.05) is 60.7 Å². The van der Waals surface area contributed by atoms with Gasteiger partial charge in [-0.05, 0) is 31.9 Å². The summed E-state index contributed by atoms with van der Waals surface area (Å²) in [5, 5.41) is 12.7. The van der Waals surface area contributed by atoms with E-state index in [-0.39, 0.29) is 11.8 Å². The van der Waals surface area contributed by atoms with Crippen LogP contribution in [0.4, 0.5) is 4.79 Å². The van der Waals surface area contributed by atoms with Crippen molar-refractivity contribution in [2.75, 3.05) is 0 Å². The van der Waals surface area contributed by atoms with Crippen molar-refractivity contribution in [2.45, 2.75) is 43.7 Å². The Balaban J connectivity index is 2.00. The molecule has 2 aromatic carbocycles. The summed E-state index contributed by atoms with van der Waals surface area (Å²) in [5.74, 6) is -1.79. The molecule has 0 bridgehead atoms. The monoisotopic (exact) mass is 353 g/mol. The van der Waals surface area contributed by atoms with Gasteiger partial charge in [0.1, 0.15) is 5.60 Å². The predicted octanol–water partition coefficient (Wildman–Crippen LogP) is 3.92. The zero-order valence-corrected chi connectivity index (χ0v) is 15.1. The Morgan fingerprint density at radius 2 is 1.35 bits per heavy atom. The van der Waals surface area contributed by atoms with Crippen molar-refractivity contribution in [2.24, 2.45) is 0 Å². The van der Waals surface area contributed by atoms with E-state index in [0.29, 0.717) is 0 Å². The van der Waals surface area contributed by atoms with Gasteiger partial charge in [-0.1, -0.05) is 60.7 Å². The van der Waals surface area contributed by atoms with Crippen LogP contribution in [0, 0.1) is 0 Å². The lowest BCUT2D eigenvalue weighted by atomic mass is 10.0. The van der Waals surface area contributed by atoms with Gasteiger partial charge >= 0.3 is 12.1 Å². The third-order valence-electron chi connectivity index (χ3n) is 4.58. The molecule has 0 radical (unpaired) electrons. The average molecular weight is 353 g/mol. The van der Waals surface area contributed by atoms with E-state index in [2.05, 4.69) is 5.32 Å². The average Bonchev–Trinajstić information content (AvgIpc) is 3.24. The number of rotatable bonds is 4. The van der Waals surface area contributed by atoms with Crippen molar-refractivity contribution in [3.8, 4) is 0 Å². The number of carboxylic acid groups (broad SMARTS) is 1. The molecule has 0 aliphatic heterocycles. The molecule has 0 saturated heterocycles. The molecule has 1 aliphatic carbocycles. The summed E-state index contributed by atoms with van der Waals surface area (Å²) >= 11 is 0. The van der Waals surface area contributed by atoms with E-state index in [4.69, 9.17) is 4.74 Å². The number of carbonyl (C=O) groups is 2. The first-order valence-electron chi connectivity index (χ1n) is 8.60. The lowest BCUT2D eigenvalue weighted by Crippen LogP contribution is -2.47. The quantitative estimate of drug-likeness (QED) is 0.874. The van der Waals surface area contributed by atoms with Gasteiger partial charge in [0.25, 0.3) is 0 Å². The molecule has 2 aromatic rings. The zero-order valence-electron chi connectivity index (χ0n) is 15.1. The third-order valence-corrected chi connectivity index (χ3v) is 4.58. The maximum atomic E-state index is 12.4. The topological polar surface area (TPSA) is 75.6 Å². The van der Waals surface area contributed by atoms with Gasteiger partial charge < -0.3 is 15.2 Å². The first-order valence-corrected chi connectivity index (χ1v) is 8.60. The summed E-state index contributed by atoms with van der Waals surface area (Å²) < 4.78 is 5.32. The van der Waals surface area contributed by atoms with E-state index in [9.17, 15) is 14.7 Å². The molecule has 136 valence electrons. The van der Waals surface area contributed by atoms with Crippen LogP contribution in [0.2, 0.25) is 0 Å². The Morgan fingerprint density at radius 1 is 0.923 bits per heavy atom. The summed E-state index contributed by atoms with van der Waals surface area (Å²) in [7, 11) is 0. The molecular weight excluding hydrogens is 330 g/mol. The number of hydrogen-bond donors (Lipinski definition) is 2. The Hall–Kier alpha value is -2.82. The van der Waals surface area contributed by atoms with Crippen molar-refractivity contribution in [3.63, 3.8) is 0 Å². The number of carbonyl (C=O) groups excluding carboxylic acids is 1. The lowest BCUT2D eigenvalue weighted by molar-refractivity contribution is -0.141. The maximum absolute atomic E-state index is 12.4. The summed E-state index contributed by atoms with van der Waals surface area (Å²) in [6.07, 6.45) is -0.723. The summed E-state index contributed by atoms with van der Waals surface area (Å²) in [4.78, 5) is 24.7. The van der Waals surface area contributed by atoms with Gasteiger partial charge in [0, 0.05) is 11.8 Å². The fraction of sp³-hybridized carbons (Fsp3) is 0.333. The summed E-state index contributed by atoms with van der Waals surface area (Å²) in [6.45, 7) is 5.24. The number of hydrogen-bond acceptors (Lipinski definition) is 3. The SMILES string of the molecule is CC(C)(C)OC(=O)NC1(C(=O)O)[C@H](c2ccccc2)[C@H]1c1ccccc1. The molecule has 1 amide bonds. The third kappa shape index (κ3) is 3.29. The van der Waals surface area contributed by atoms with Crippen molar-refractivity contribution >= 4 is 12.1 Å². The summed E-state index contributed by atoms with van der Waals surface area (Å²) in [5.41, 5.74) is -0.381. The van der Waals surface area contributed by atoms with Crippen molar-refractivity contribution < 1.29 is 19.4 Å². The molecular formula is C21H23NO4. The number of amides is 1. The molecule has 1 fully saturated rings. The highest BCUT2D eigenvalue weighted by molar-refractivity contribution is 5.93. The first kappa shape index (κ1) is 18.0. The zero-order chi connectivity index (χ0) is 18.9. The molecule has 1 saturated carbocycles. The van der Waals surface area contributed by atoms with E-state index < -0.39 is 23.2 Å². The molecule has 1 aliphatic rings. The molecule has 26 heavy (non-hydrogen) atoms. The smallest absolute Gasteiger partial charge is 0.408 e. The second kappa shape index (κ2) is 6.48. The van der Waals surface area contributed by atoms with Crippen LogP contribution in [0.25, 0.3) is 0 Å². The molecule has 5 heteroatoms. The molecule has 0 heterocycles. The highest BCUT2D eigenvalue weighted by Gasteiger charge is 2.72. The molecule has 3 rings (SSSR count). The van der Waals surface area contributed by atoms with Gasteiger partial charge in [0.05, 0.1) is 0 Å². The van der Waals surface area contributed by atoms with Crippen molar-refractivity contribution in [3.05, 3.63) is 71.8 Å². The Morgan fingerprint density at radius 3 is 1.69 bits per heavy atom. The second-order valence-electron chi connectivity index (χ2n) is 7.58. The highest BCUT2D eigenvalue weighted by atomic mass is 16.6. The second-order valence-corrected chi connectivity index (χ2v) is 7.58. The fourth-order valence-electron chi connectivity index (χ4n) is 3.57. The lowest BCUT2D eigenvalue weighted by Gasteiger charge is -2.23. The number of benzene rings is 2. The normalized spacial score (nSPS) is 24.6. The fourth-order valence-corrected chi connectivity index (χ4v) is 3.57. The van der Waals surface area contributed by atoms with Crippen LogP contribution in [0.3, 0.4) is 0 Å². The maximum Gasteiger partial charge on any atom is 0.408 e. The van der Waals surface area contributed by atoms with Crippen LogP contribution >= 0.6 is 0 Å². The number of carboxylic acids is 1. The molecule has 2 atom stereocenters. The predicted molar refractivity (Wildman–Crippen MR) is 98.1 cm³/mol. The largest absolute Gasteiger partial charge is 0.479 e. The van der Waals surface area contributed by atoms with Gasteiger partial charge in [-0.3, -0.25) is 0 Å². The number of alkyl carbamates (subject to hydrolysis) is 1. The molecule has 2 N–H and O–H groups in total. The minimum absolute atomic E-state index is 0.365. The van der Waals surface area contributed by atoms with E-state index in [1.54, 1.807) is 20.8 Å². The molecule has 5 nitrogen and oxygen atoms in total. The molecule has 0 unspecified atom stereocenters. The van der Waals surface area contributed by atoms with Crippen LogP contribution in [0.1, 0.15) is 43.7 Å². The Bertz CT molecular complexity index is 750. The Kier molecular flexibility index (Phi) is 4.48. The Labute approximate surface area is 153 Å². The van der Waals surface area contributed by atoms with Crippen molar-refractivity contribution in [1.82, 2.24) is 5.32 Å². The van der Waals surface area contributed by atoms with Crippen LogP contribution in [0.5, 0.6) is 0 Å². The molecule has 0 spiro atoms. The van der Waals surface area contributed by atoms with Gasteiger partial charge in [-0.25, -0.2) is 9.59 Å². The van der Waals surface area contributed by atoms with Crippen LogP contribution in [-0.4, -0.2) is 28.3 Å². The van der Waals surface area contributed by atoms with Crippen LogP contribution in [0.15, 0.2) is 60.7 Å². The van der Waals surface area contributed by atoms with E-state index in [0.717, 1.165) is 11.1 Å². The van der Waals surface area contributed by atoms with Gasteiger partial charge in [-0.15, -0.1) is 0 Å². The van der Waals surface area contributed by atoms with Gasteiger partial charge in [0.15, 0.2) is 5.54 Å². The number of ether oxygens (including phenoxy) is 1. The van der Waals surface area contributed by atoms with Gasteiger partial charge in [0.2, 0.25) is 0 Å². The van der Waals surface area contributed by atoms with Gasteiger partial charge in [-0.2, -0.15) is 0 Å². The van der Waals surface area contributed by atoms with E-state index >= 15 is 0 Å². The van der Waals surface area contributed by atoms with E-state index in [1.165, 1.54) is 0 Å². The standard InChI is InChI=1S/C21H23NO4/c1-20(2,3)26-19(25)22-21(18(23)24)16(14-10-6-4-7-11-14)17(21)15-12-8-5-9-13-15/h4-13,16-17H,1-3H3,(H,22,25)(H,23,24)/t16-,17-/m1/s1. The number of aliphatic carboxylic acids is 1.